The van der Waals surface area contributed by atoms with E-state index in [1.165, 1.54) is 6.07 Å². The lowest BCUT2D eigenvalue weighted by atomic mass is 10.1. The minimum atomic E-state index is -0.388. The molecule has 2 heterocycles. The molecule has 1 aliphatic heterocycles. The number of rotatable bonds is 6. The number of nitrogens with zero attached hydrogens (tertiary/aromatic N) is 4. The van der Waals surface area contributed by atoms with Crippen LogP contribution >= 0.6 is 0 Å². The predicted octanol–water partition coefficient (Wildman–Crippen LogP) is 4.36. The van der Waals surface area contributed by atoms with Crippen LogP contribution in [0.2, 0.25) is 0 Å². The Morgan fingerprint density at radius 1 is 1.00 bits per heavy atom. The summed E-state index contributed by atoms with van der Waals surface area (Å²) in [7, 11) is 0. The summed E-state index contributed by atoms with van der Waals surface area (Å²) >= 11 is 0. The molecule has 0 spiro atoms. The fourth-order valence-corrected chi connectivity index (χ4v) is 4.34. The van der Waals surface area contributed by atoms with E-state index in [0.717, 1.165) is 53.8 Å². The molecule has 0 unspecified atom stereocenters. The van der Waals surface area contributed by atoms with Gasteiger partial charge in [-0.25, -0.2) is 0 Å². The zero-order valence-corrected chi connectivity index (χ0v) is 18.1. The average molecular weight is 444 g/mol. The highest BCUT2D eigenvalue weighted by atomic mass is 16.6. The number of aliphatic imine (C=N–C) groups is 1. The Balaban J connectivity index is 1.45. The van der Waals surface area contributed by atoms with Gasteiger partial charge in [-0.15, -0.1) is 0 Å². The summed E-state index contributed by atoms with van der Waals surface area (Å²) in [5.41, 5.74) is 3.95. The molecule has 0 amide bonds. The van der Waals surface area contributed by atoms with Crippen LogP contribution in [0.15, 0.2) is 70.1 Å². The fraction of sp³-hybridized carbons (Fsp3) is 0.240. The molecule has 1 fully saturated rings. The first-order valence-corrected chi connectivity index (χ1v) is 10.9. The van der Waals surface area contributed by atoms with Gasteiger partial charge in [-0.2, -0.15) is 0 Å². The number of hydrogen-bond acceptors (Lipinski definition) is 7. The van der Waals surface area contributed by atoms with E-state index in [0.29, 0.717) is 17.8 Å². The van der Waals surface area contributed by atoms with Crippen LogP contribution in [0, 0.1) is 10.1 Å². The van der Waals surface area contributed by atoms with Crippen LogP contribution in [0.25, 0.3) is 21.9 Å². The Labute approximate surface area is 190 Å². The molecule has 1 N–H and O–H groups in total. The van der Waals surface area contributed by atoms with Crippen molar-refractivity contribution in [1.82, 2.24) is 4.90 Å². The SMILES string of the molecule is O=[N+]([O-])c1ccc(N2CCN(CCO)CC2)c(C=Nc2ccc3c(c2)oc2ccccc23)c1. The second-order valence-corrected chi connectivity index (χ2v) is 8.09. The number of piperazine rings is 1. The molecule has 4 aromatic rings. The number of fused-ring (bicyclic) bond motifs is 3. The highest BCUT2D eigenvalue weighted by Gasteiger charge is 2.20. The quantitative estimate of drug-likeness (QED) is 0.270. The number of aliphatic hydroxyl groups excluding tert-OH is 1. The Kier molecular flexibility index (Phi) is 5.77. The first kappa shape index (κ1) is 21.1. The number of furan rings is 1. The number of nitro groups is 1. The maximum Gasteiger partial charge on any atom is 0.270 e. The van der Waals surface area contributed by atoms with Crippen LogP contribution in [-0.2, 0) is 0 Å². The molecule has 33 heavy (non-hydrogen) atoms. The van der Waals surface area contributed by atoms with Gasteiger partial charge in [0.15, 0.2) is 0 Å². The lowest BCUT2D eigenvalue weighted by molar-refractivity contribution is -0.384. The van der Waals surface area contributed by atoms with E-state index >= 15 is 0 Å². The minimum absolute atomic E-state index is 0.0341. The van der Waals surface area contributed by atoms with Crippen molar-refractivity contribution in [3.8, 4) is 0 Å². The van der Waals surface area contributed by atoms with Gasteiger partial charge in [-0.3, -0.25) is 20.0 Å². The van der Waals surface area contributed by atoms with E-state index in [4.69, 9.17) is 4.42 Å². The van der Waals surface area contributed by atoms with Gasteiger partial charge in [0, 0.05) is 79.2 Å². The third-order valence-corrected chi connectivity index (χ3v) is 6.07. The number of hydrogen-bond donors (Lipinski definition) is 1. The lowest BCUT2D eigenvalue weighted by Crippen LogP contribution is -2.47. The Bertz CT molecular complexity index is 1340. The first-order chi connectivity index (χ1) is 16.1. The van der Waals surface area contributed by atoms with E-state index in [2.05, 4.69) is 14.8 Å². The molecule has 168 valence electrons. The van der Waals surface area contributed by atoms with Crippen molar-refractivity contribution in [2.24, 2.45) is 4.99 Å². The van der Waals surface area contributed by atoms with Crippen molar-refractivity contribution in [2.45, 2.75) is 0 Å². The summed E-state index contributed by atoms with van der Waals surface area (Å²) in [4.78, 5) is 20.0. The molecule has 0 aliphatic carbocycles. The van der Waals surface area contributed by atoms with Gasteiger partial charge in [-0.1, -0.05) is 18.2 Å². The second kappa shape index (κ2) is 9.01. The van der Waals surface area contributed by atoms with E-state index in [1.54, 1.807) is 18.3 Å². The van der Waals surface area contributed by atoms with Gasteiger partial charge in [-0.05, 0) is 24.3 Å². The lowest BCUT2D eigenvalue weighted by Gasteiger charge is -2.36. The number of benzene rings is 3. The van der Waals surface area contributed by atoms with Crippen LogP contribution in [-0.4, -0.2) is 60.5 Å². The third kappa shape index (κ3) is 4.30. The zero-order valence-electron chi connectivity index (χ0n) is 18.1. The zero-order chi connectivity index (χ0) is 22.8. The Hall–Kier alpha value is -3.75. The summed E-state index contributed by atoms with van der Waals surface area (Å²) in [6, 6.07) is 18.6. The molecule has 1 aliphatic rings. The average Bonchev–Trinajstić information content (AvgIpc) is 3.21. The largest absolute Gasteiger partial charge is 0.456 e. The van der Waals surface area contributed by atoms with E-state index in [1.807, 2.05) is 42.5 Å². The molecule has 5 rings (SSSR count). The normalized spacial score (nSPS) is 15.1. The summed E-state index contributed by atoms with van der Waals surface area (Å²) < 4.78 is 5.95. The number of para-hydroxylation sites is 1. The second-order valence-electron chi connectivity index (χ2n) is 8.09. The molecular weight excluding hydrogens is 420 g/mol. The van der Waals surface area contributed by atoms with Crippen molar-refractivity contribution in [3.63, 3.8) is 0 Å². The molecule has 8 heteroatoms. The highest BCUT2D eigenvalue weighted by molar-refractivity contribution is 6.05. The smallest absolute Gasteiger partial charge is 0.270 e. The van der Waals surface area contributed by atoms with Crippen molar-refractivity contribution < 1.29 is 14.4 Å². The maximum atomic E-state index is 11.4. The standard InChI is InChI=1S/C25H24N4O4/c30-14-13-27-9-11-28(12-10-27)23-8-6-20(29(31)32)15-18(23)17-26-19-5-7-22-21-3-1-2-4-24(21)33-25(22)16-19/h1-8,15-17,30H,9-14H2. The van der Waals surface area contributed by atoms with E-state index in [9.17, 15) is 15.2 Å². The van der Waals surface area contributed by atoms with Crippen LogP contribution in [0.4, 0.5) is 17.1 Å². The van der Waals surface area contributed by atoms with Gasteiger partial charge in [0.25, 0.3) is 5.69 Å². The van der Waals surface area contributed by atoms with Gasteiger partial charge in [0.1, 0.15) is 11.2 Å². The molecule has 1 aromatic heterocycles. The molecule has 0 bridgehead atoms. The van der Waals surface area contributed by atoms with Crippen LogP contribution in [0.3, 0.4) is 0 Å². The fourth-order valence-electron chi connectivity index (χ4n) is 4.34. The monoisotopic (exact) mass is 444 g/mol. The van der Waals surface area contributed by atoms with Crippen LogP contribution in [0.1, 0.15) is 5.56 Å². The highest BCUT2D eigenvalue weighted by Crippen LogP contribution is 2.32. The van der Waals surface area contributed by atoms with Gasteiger partial charge < -0.3 is 14.4 Å². The number of aliphatic hydroxyl groups is 1. The molecule has 0 radical (unpaired) electrons. The third-order valence-electron chi connectivity index (χ3n) is 6.07. The number of nitro benzene ring substituents is 1. The van der Waals surface area contributed by atoms with Crippen molar-refractivity contribution in [1.29, 1.82) is 0 Å². The summed E-state index contributed by atoms with van der Waals surface area (Å²) in [6.45, 7) is 4.03. The van der Waals surface area contributed by atoms with Crippen molar-refractivity contribution in [2.75, 3.05) is 44.2 Å². The van der Waals surface area contributed by atoms with E-state index < -0.39 is 0 Å². The summed E-state index contributed by atoms with van der Waals surface area (Å²) in [6.07, 6.45) is 1.69. The molecule has 3 aromatic carbocycles. The van der Waals surface area contributed by atoms with Crippen molar-refractivity contribution >= 4 is 45.2 Å². The topological polar surface area (TPSA) is 95.4 Å². The maximum absolute atomic E-state index is 11.4. The van der Waals surface area contributed by atoms with E-state index in [-0.39, 0.29) is 17.2 Å². The first-order valence-electron chi connectivity index (χ1n) is 10.9. The number of β-amino-alcohol motifs (C(OH)–C–C–N with tert-alkyl or cyclic N) is 1. The van der Waals surface area contributed by atoms with Gasteiger partial charge in [0.2, 0.25) is 0 Å². The minimum Gasteiger partial charge on any atom is -0.456 e. The summed E-state index contributed by atoms with van der Waals surface area (Å²) in [5, 5.41) is 22.6. The number of non-ortho nitro benzene ring substituents is 1. The molecule has 0 atom stereocenters. The van der Waals surface area contributed by atoms with Gasteiger partial charge >= 0.3 is 0 Å². The molecular formula is C25H24N4O4. The summed E-state index contributed by atoms with van der Waals surface area (Å²) in [5.74, 6) is 0. The molecule has 0 saturated carbocycles. The predicted molar refractivity (Wildman–Crippen MR) is 130 cm³/mol. The van der Waals surface area contributed by atoms with Crippen LogP contribution in [0.5, 0.6) is 0 Å². The van der Waals surface area contributed by atoms with Crippen molar-refractivity contribution in [3.05, 3.63) is 76.3 Å². The number of anilines is 1. The Morgan fingerprint density at radius 2 is 1.79 bits per heavy atom. The Morgan fingerprint density at radius 3 is 2.58 bits per heavy atom. The molecule has 8 nitrogen and oxygen atoms in total. The van der Waals surface area contributed by atoms with Gasteiger partial charge in [0.05, 0.1) is 17.2 Å². The molecule has 1 saturated heterocycles. The van der Waals surface area contributed by atoms with Crippen LogP contribution < -0.4 is 4.90 Å².